The Balaban J connectivity index is 0.00000132. The molecular weight excluding hydrogens is 357 g/mol. The number of nitrogens with one attached hydrogen (secondary N) is 1. The number of halogens is 3. The van der Waals surface area contributed by atoms with Crippen LogP contribution in [0, 0.1) is 5.92 Å². The number of ether oxygens (including phenoxy) is 1. The molecule has 0 saturated carbocycles. The van der Waals surface area contributed by atoms with Gasteiger partial charge in [0.05, 0.1) is 0 Å². The van der Waals surface area contributed by atoms with Gasteiger partial charge in [-0.05, 0) is 42.5 Å². The number of nitrogens with two attached hydrogens (primary N) is 1. The van der Waals surface area contributed by atoms with Gasteiger partial charge >= 0.3 is 0 Å². The lowest BCUT2D eigenvalue weighted by molar-refractivity contribution is 0.0215. The van der Waals surface area contributed by atoms with Crippen LogP contribution in [0.25, 0.3) is 0 Å². The molecule has 1 atom stereocenters. The van der Waals surface area contributed by atoms with E-state index in [4.69, 9.17) is 22.1 Å². The van der Waals surface area contributed by atoms with Gasteiger partial charge in [0.2, 0.25) is 0 Å². The van der Waals surface area contributed by atoms with Crippen LogP contribution in [0.1, 0.15) is 24.4 Å². The molecule has 2 saturated heterocycles. The maximum Gasteiger partial charge on any atom is 0.0469 e. The summed E-state index contributed by atoms with van der Waals surface area (Å²) in [4.78, 5) is 2.56. The summed E-state index contributed by atoms with van der Waals surface area (Å²) >= 11 is 6.23. The molecule has 2 fully saturated rings. The van der Waals surface area contributed by atoms with Crippen molar-refractivity contribution in [2.75, 3.05) is 45.1 Å². The Bertz CT molecular complexity index is 460. The van der Waals surface area contributed by atoms with E-state index < -0.39 is 0 Å². The molecule has 1 aromatic rings. The SMILES string of the molecule is Cl.Cl.Nc1ccc(Cl)cc1[C@@H](C1CCOCC1)N1CCNCC1. The fraction of sp³-hybridized carbons (Fsp3) is 0.625. The highest BCUT2D eigenvalue weighted by molar-refractivity contribution is 6.30. The molecule has 0 radical (unpaired) electrons. The second-order valence-corrected chi connectivity index (χ2v) is 6.39. The smallest absolute Gasteiger partial charge is 0.0469 e. The van der Waals surface area contributed by atoms with E-state index >= 15 is 0 Å². The summed E-state index contributed by atoms with van der Waals surface area (Å²) in [5.74, 6) is 0.595. The summed E-state index contributed by atoms with van der Waals surface area (Å²) in [7, 11) is 0. The Morgan fingerprint density at radius 1 is 1.17 bits per heavy atom. The normalized spacial score (nSPS) is 21.1. The fourth-order valence-electron chi connectivity index (χ4n) is 3.54. The first-order valence-electron chi connectivity index (χ1n) is 7.83. The molecule has 3 N–H and O–H groups in total. The van der Waals surface area contributed by atoms with Crippen molar-refractivity contribution in [3.05, 3.63) is 28.8 Å². The number of nitrogens with zero attached hydrogens (tertiary/aromatic N) is 1. The van der Waals surface area contributed by atoms with Crippen LogP contribution in [-0.2, 0) is 4.74 Å². The Hall–Kier alpha value is -0.230. The average molecular weight is 383 g/mol. The van der Waals surface area contributed by atoms with Crippen LogP contribution in [-0.4, -0.2) is 44.3 Å². The third-order valence-electron chi connectivity index (χ3n) is 4.62. The topological polar surface area (TPSA) is 50.5 Å². The van der Waals surface area contributed by atoms with Crippen molar-refractivity contribution in [2.24, 2.45) is 5.92 Å². The number of anilines is 1. The maximum absolute atomic E-state index is 6.27. The van der Waals surface area contributed by atoms with Crippen molar-refractivity contribution in [3.8, 4) is 0 Å². The molecule has 0 bridgehead atoms. The van der Waals surface area contributed by atoms with E-state index in [1.54, 1.807) is 0 Å². The monoisotopic (exact) mass is 381 g/mol. The first-order valence-corrected chi connectivity index (χ1v) is 8.21. The molecule has 2 heterocycles. The first kappa shape index (κ1) is 20.8. The number of benzene rings is 1. The van der Waals surface area contributed by atoms with Gasteiger partial charge in [-0.25, -0.2) is 0 Å². The minimum atomic E-state index is 0. The van der Waals surface area contributed by atoms with Crippen molar-refractivity contribution in [3.63, 3.8) is 0 Å². The second kappa shape index (κ2) is 9.92. The van der Waals surface area contributed by atoms with Crippen LogP contribution in [0.3, 0.4) is 0 Å². The van der Waals surface area contributed by atoms with Crippen LogP contribution in [0.15, 0.2) is 18.2 Å². The number of hydrogen-bond donors (Lipinski definition) is 2. The molecule has 0 unspecified atom stereocenters. The second-order valence-electron chi connectivity index (χ2n) is 5.95. The largest absolute Gasteiger partial charge is 0.398 e. The predicted octanol–water partition coefficient (Wildman–Crippen LogP) is 3.14. The molecule has 1 aromatic carbocycles. The number of nitrogen functional groups attached to an aromatic ring is 1. The minimum absolute atomic E-state index is 0. The maximum atomic E-state index is 6.27. The molecule has 0 spiro atoms. The molecule has 0 aromatic heterocycles. The summed E-state index contributed by atoms with van der Waals surface area (Å²) in [5, 5.41) is 4.20. The lowest BCUT2D eigenvalue weighted by Gasteiger charge is -2.41. The van der Waals surface area contributed by atoms with E-state index in [1.165, 1.54) is 5.56 Å². The zero-order chi connectivity index (χ0) is 14.7. The lowest BCUT2D eigenvalue weighted by atomic mass is 9.85. The van der Waals surface area contributed by atoms with Crippen LogP contribution in [0.4, 0.5) is 5.69 Å². The Morgan fingerprint density at radius 2 is 1.83 bits per heavy atom. The number of piperazine rings is 1. The highest BCUT2D eigenvalue weighted by Gasteiger charge is 2.32. The van der Waals surface area contributed by atoms with E-state index in [9.17, 15) is 0 Å². The van der Waals surface area contributed by atoms with E-state index in [-0.39, 0.29) is 24.8 Å². The van der Waals surface area contributed by atoms with Crippen molar-refractivity contribution in [1.82, 2.24) is 10.2 Å². The third kappa shape index (κ3) is 5.12. The predicted molar refractivity (Wildman–Crippen MR) is 101 cm³/mol. The van der Waals surface area contributed by atoms with Gasteiger partial charge in [-0.2, -0.15) is 0 Å². The van der Waals surface area contributed by atoms with E-state index in [0.717, 1.165) is 62.9 Å². The number of rotatable bonds is 3. The van der Waals surface area contributed by atoms with Gasteiger partial charge in [-0.1, -0.05) is 11.6 Å². The van der Waals surface area contributed by atoms with Gasteiger partial charge in [0.15, 0.2) is 0 Å². The molecule has 7 heteroatoms. The molecule has 2 aliphatic heterocycles. The average Bonchev–Trinajstić information content (AvgIpc) is 2.53. The third-order valence-corrected chi connectivity index (χ3v) is 4.86. The first-order chi connectivity index (χ1) is 10.3. The van der Waals surface area contributed by atoms with Crippen molar-refractivity contribution in [1.29, 1.82) is 0 Å². The molecular formula is C16H26Cl3N3O. The number of hydrogen-bond acceptors (Lipinski definition) is 4. The lowest BCUT2D eigenvalue weighted by Crippen LogP contribution is -2.47. The van der Waals surface area contributed by atoms with Gasteiger partial charge in [0.25, 0.3) is 0 Å². The molecule has 0 amide bonds. The van der Waals surface area contributed by atoms with Gasteiger partial charge in [-0.3, -0.25) is 4.90 Å². The van der Waals surface area contributed by atoms with Crippen molar-refractivity contribution in [2.45, 2.75) is 18.9 Å². The van der Waals surface area contributed by atoms with E-state index in [1.807, 2.05) is 12.1 Å². The molecule has 132 valence electrons. The molecule has 23 heavy (non-hydrogen) atoms. The molecule has 0 aliphatic carbocycles. The Morgan fingerprint density at radius 3 is 2.48 bits per heavy atom. The molecule has 3 rings (SSSR count). The zero-order valence-electron chi connectivity index (χ0n) is 13.2. The summed E-state index contributed by atoms with van der Waals surface area (Å²) in [5.41, 5.74) is 8.32. The summed E-state index contributed by atoms with van der Waals surface area (Å²) in [6.45, 7) is 5.92. The van der Waals surface area contributed by atoms with Crippen molar-refractivity contribution >= 4 is 42.1 Å². The summed E-state index contributed by atoms with van der Waals surface area (Å²) < 4.78 is 5.54. The zero-order valence-corrected chi connectivity index (χ0v) is 15.6. The van der Waals surface area contributed by atoms with Gasteiger partial charge in [0.1, 0.15) is 0 Å². The standard InChI is InChI=1S/C16H24ClN3O.2ClH/c17-13-1-2-15(18)14(11-13)16(12-3-9-21-10-4-12)20-7-5-19-6-8-20;;/h1-2,11-12,16,19H,3-10,18H2;2*1H/t16-;;/m1../s1. The van der Waals surface area contributed by atoms with Crippen molar-refractivity contribution < 1.29 is 4.74 Å². The Kier molecular flexibility index (Phi) is 8.98. The van der Waals surface area contributed by atoms with E-state index in [2.05, 4.69) is 16.3 Å². The Labute approximate surface area is 155 Å². The summed E-state index contributed by atoms with van der Waals surface area (Å²) in [6.07, 6.45) is 2.20. The summed E-state index contributed by atoms with van der Waals surface area (Å²) in [6, 6.07) is 6.22. The van der Waals surface area contributed by atoms with Crippen LogP contribution < -0.4 is 11.1 Å². The fourth-order valence-corrected chi connectivity index (χ4v) is 3.72. The highest BCUT2D eigenvalue weighted by Crippen LogP contribution is 2.38. The van der Waals surface area contributed by atoms with Gasteiger partial charge < -0.3 is 15.8 Å². The van der Waals surface area contributed by atoms with E-state index in [0.29, 0.717) is 12.0 Å². The van der Waals surface area contributed by atoms with Crippen LogP contribution in [0.5, 0.6) is 0 Å². The molecule has 2 aliphatic rings. The molecule has 4 nitrogen and oxygen atoms in total. The van der Waals surface area contributed by atoms with Gasteiger partial charge in [0, 0.05) is 56.1 Å². The van der Waals surface area contributed by atoms with Gasteiger partial charge in [-0.15, -0.1) is 24.8 Å². The quantitative estimate of drug-likeness (QED) is 0.789. The van der Waals surface area contributed by atoms with Crippen LogP contribution in [0.2, 0.25) is 5.02 Å². The minimum Gasteiger partial charge on any atom is -0.398 e. The highest BCUT2D eigenvalue weighted by atomic mass is 35.5. The van der Waals surface area contributed by atoms with Crippen LogP contribution >= 0.6 is 36.4 Å².